The summed E-state index contributed by atoms with van der Waals surface area (Å²) in [7, 11) is 0. The molecule has 0 unspecified atom stereocenters. The number of rotatable bonds is 4. The van der Waals surface area contributed by atoms with Crippen LogP contribution in [0.1, 0.15) is 48.1 Å². The molecule has 5 heteroatoms. The molecular weight excluding hydrogens is 374 g/mol. The van der Waals surface area contributed by atoms with Crippen LogP contribution in [0.3, 0.4) is 0 Å². The maximum Gasteiger partial charge on any atom is 0.414 e. The Morgan fingerprint density at radius 2 is 2.10 bits per heavy atom. The van der Waals surface area contributed by atoms with Crippen LogP contribution >= 0.6 is 0 Å². The van der Waals surface area contributed by atoms with Gasteiger partial charge in [-0.05, 0) is 63.3 Å². The van der Waals surface area contributed by atoms with E-state index >= 15 is 0 Å². The predicted octanol–water partition coefficient (Wildman–Crippen LogP) is 4.98. The minimum absolute atomic E-state index is 0.276. The van der Waals surface area contributed by atoms with Crippen LogP contribution in [0.4, 0.5) is 10.5 Å². The van der Waals surface area contributed by atoms with Gasteiger partial charge in [0.05, 0.1) is 5.76 Å². The number of fused-ring (bicyclic) bond motifs is 3. The molecule has 4 rings (SSSR count). The lowest BCUT2D eigenvalue weighted by Gasteiger charge is -2.30. The SMILES string of the molecule is C=C(C)OC(=O)N1CCC[C@H]2[C@@H](C1)c1cc(C)ccc1N2CCc1ccc(C)nc1. The van der Waals surface area contributed by atoms with Gasteiger partial charge in [-0.15, -0.1) is 0 Å². The predicted molar refractivity (Wildman–Crippen MR) is 120 cm³/mol. The summed E-state index contributed by atoms with van der Waals surface area (Å²) in [5, 5.41) is 0. The Morgan fingerprint density at radius 1 is 1.27 bits per heavy atom. The number of anilines is 1. The van der Waals surface area contributed by atoms with E-state index < -0.39 is 0 Å². The van der Waals surface area contributed by atoms with E-state index in [2.05, 4.69) is 53.7 Å². The highest BCUT2D eigenvalue weighted by molar-refractivity contribution is 5.70. The van der Waals surface area contributed by atoms with E-state index in [0.29, 0.717) is 24.3 Å². The van der Waals surface area contributed by atoms with Crippen LogP contribution < -0.4 is 4.90 Å². The highest BCUT2D eigenvalue weighted by atomic mass is 16.6. The normalized spacial score (nSPS) is 20.4. The average Bonchev–Trinajstić information content (AvgIpc) is 2.85. The summed E-state index contributed by atoms with van der Waals surface area (Å²) < 4.78 is 5.32. The summed E-state index contributed by atoms with van der Waals surface area (Å²) >= 11 is 0. The van der Waals surface area contributed by atoms with Gasteiger partial charge in [-0.3, -0.25) is 4.98 Å². The van der Waals surface area contributed by atoms with Gasteiger partial charge in [0.2, 0.25) is 0 Å². The van der Waals surface area contributed by atoms with Crippen molar-refractivity contribution in [2.24, 2.45) is 0 Å². The van der Waals surface area contributed by atoms with Crippen LogP contribution in [0.15, 0.2) is 48.9 Å². The maximum atomic E-state index is 12.6. The number of hydrogen-bond donors (Lipinski definition) is 0. The van der Waals surface area contributed by atoms with Crippen molar-refractivity contribution in [3.05, 3.63) is 71.3 Å². The van der Waals surface area contributed by atoms with Gasteiger partial charge in [-0.1, -0.05) is 30.3 Å². The van der Waals surface area contributed by atoms with Crippen molar-refractivity contribution in [1.29, 1.82) is 0 Å². The number of allylic oxidation sites excluding steroid dienone is 1. The van der Waals surface area contributed by atoms with Gasteiger partial charge in [0.15, 0.2) is 0 Å². The first-order valence-corrected chi connectivity index (χ1v) is 10.8. The second kappa shape index (κ2) is 8.50. The van der Waals surface area contributed by atoms with Crippen molar-refractivity contribution in [2.75, 3.05) is 24.5 Å². The van der Waals surface area contributed by atoms with Crippen LogP contribution in [0, 0.1) is 13.8 Å². The lowest BCUT2D eigenvalue weighted by Crippen LogP contribution is -2.38. The molecule has 2 atom stereocenters. The number of amides is 1. The Balaban J connectivity index is 1.58. The summed E-state index contributed by atoms with van der Waals surface area (Å²) in [4.78, 5) is 21.4. The molecule has 0 bridgehead atoms. The van der Waals surface area contributed by atoms with Crippen molar-refractivity contribution in [1.82, 2.24) is 9.88 Å². The number of aromatic nitrogens is 1. The number of hydrogen-bond acceptors (Lipinski definition) is 4. The van der Waals surface area contributed by atoms with Gasteiger partial charge in [-0.25, -0.2) is 4.79 Å². The zero-order chi connectivity index (χ0) is 21.3. The van der Waals surface area contributed by atoms with Crippen molar-refractivity contribution >= 4 is 11.8 Å². The lowest BCUT2D eigenvalue weighted by atomic mass is 9.92. The fourth-order valence-corrected chi connectivity index (χ4v) is 4.79. The number of carbonyl (C=O) groups excluding carboxylic acids is 1. The molecule has 2 aliphatic heterocycles. The monoisotopic (exact) mass is 405 g/mol. The van der Waals surface area contributed by atoms with Gasteiger partial charge in [-0.2, -0.15) is 0 Å². The van der Waals surface area contributed by atoms with E-state index in [0.717, 1.165) is 38.0 Å². The second-order valence-electron chi connectivity index (χ2n) is 8.65. The fourth-order valence-electron chi connectivity index (χ4n) is 4.79. The summed E-state index contributed by atoms with van der Waals surface area (Å²) in [6.45, 7) is 12.0. The minimum Gasteiger partial charge on any atom is -0.416 e. The number of likely N-dealkylation sites (tertiary alicyclic amines) is 1. The standard InChI is InChI=1S/C25H31N3O2/c1-17(2)30-25(29)27-12-5-6-23-22(16-27)21-14-18(3)7-10-24(21)28(23)13-11-20-9-8-19(4)26-15-20/h7-10,14-15,22-23H,1,5-6,11-13,16H2,2-4H3/t22-,23-/m0/s1. The van der Waals surface area contributed by atoms with E-state index in [-0.39, 0.29) is 6.09 Å². The first kappa shape index (κ1) is 20.5. The highest BCUT2D eigenvalue weighted by Gasteiger charge is 2.41. The second-order valence-corrected chi connectivity index (χ2v) is 8.65. The minimum atomic E-state index is -0.276. The molecule has 2 aliphatic rings. The van der Waals surface area contributed by atoms with Crippen molar-refractivity contribution in [2.45, 2.75) is 52.0 Å². The maximum absolute atomic E-state index is 12.6. The first-order valence-electron chi connectivity index (χ1n) is 10.8. The zero-order valence-electron chi connectivity index (χ0n) is 18.2. The molecule has 5 nitrogen and oxygen atoms in total. The molecule has 0 aliphatic carbocycles. The Labute approximate surface area is 179 Å². The quantitative estimate of drug-likeness (QED) is 0.673. The zero-order valence-corrected chi connectivity index (χ0v) is 18.2. The molecule has 1 aromatic carbocycles. The number of benzene rings is 1. The van der Waals surface area contributed by atoms with Crippen LogP contribution in [0.25, 0.3) is 0 Å². The summed E-state index contributed by atoms with van der Waals surface area (Å²) in [5.41, 5.74) is 6.24. The van der Waals surface area contributed by atoms with Crippen molar-refractivity contribution in [3.63, 3.8) is 0 Å². The molecule has 0 N–H and O–H groups in total. The van der Waals surface area contributed by atoms with E-state index in [4.69, 9.17) is 4.74 Å². The van der Waals surface area contributed by atoms with Gasteiger partial charge in [0.1, 0.15) is 0 Å². The van der Waals surface area contributed by atoms with Crippen LogP contribution in [0.5, 0.6) is 0 Å². The Bertz CT molecular complexity index is 938. The topological polar surface area (TPSA) is 45.7 Å². The van der Waals surface area contributed by atoms with Crippen LogP contribution in [-0.4, -0.2) is 41.7 Å². The average molecular weight is 406 g/mol. The third-order valence-electron chi connectivity index (χ3n) is 6.24. The lowest BCUT2D eigenvalue weighted by molar-refractivity contribution is 0.128. The molecule has 1 saturated heterocycles. The third-order valence-corrected chi connectivity index (χ3v) is 6.24. The summed E-state index contributed by atoms with van der Waals surface area (Å²) in [6, 6.07) is 11.4. The molecule has 1 aromatic heterocycles. The molecule has 30 heavy (non-hydrogen) atoms. The summed E-state index contributed by atoms with van der Waals surface area (Å²) in [6.07, 6.45) is 4.72. The summed E-state index contributed by atoms with van der Waals surface area (Å²) in [5.74, 6) is 0.744. The molecule has 3 heterocycles. The number of ether oxygens (including phenoxy) is 1. The van der Waals surface area contributed by atoms with Crippen LogP contribution in [0.2, 0.25) is 0 Å². The molecule has 158 valence electrons. The largest absolute Gasteiger partial charge is 0.416 e. The van der Waals surface area contributed by atoms with Gasteiger partial charge in [0, 0.05) is 49.2 Å². The Morgan fingerprint density at radius 3 is 2.83 bits per heavy atom. The van der Waals surface area contributed by atoms with E-state index in [1.165, 1.54) is 22.4 Å². The number of carbonyl (C=O) groups is 1. The molecular formula is C25H31N3O2. The van der Waals surface area contributed by atoms with Gasteiger partial charge in [0.25, 0.3) is 0 Å². The molecule has 1 fully saturated rings. The highest BCUT2D eigenvalue weighted by Crippen LogP contribution is 2.44. The Kier molecular flexibility index (Phi) is 5.80. The number of aryl methyl sites for hydroxylation is 2. The molecule has 0 radical (unpaired) electrons. The Hall–Kier alpha value is -2.82. The van der Waals surface area contributed by atoms with Crippen molar-refractivity contribution in [3.8, 4) is 0 Å². The molecule has 0 spiro atoms. The molecule has 1 amide bonds. The first-order chi connectivity index (χ1) is 14.4. The van der Waals surface area contributed by atoms with Crippen LogP contribution in [-0.2, 0) is 11.2 Å². The number of pyridine rings is 1. The fraction of sp³-hybridized carbons (Fsp3) is 0.440. The van der Waals surface area contributed by atoms with Crippen molar-refractivity contribution < 1.29 is 9.53 Å². The third kappa shape index (κ3) is 4.20. The van der Waals surface area contributed by atoms with Gasteiger partial charge >= 0.3 is 6.09 Å². The van der Waals surface area contributed by atoms with E-state index in [1.54, 1.807) is 6.92 Å². The van der Waals surface area contributed by atoms with E-state index in [9.17, 15) is 4.79 Å². The smallest absolute Gasteiger partial charge is 0.414 e. The molecule has 2 aromatic rings. The number of nitrogens with zero attached hydrogens (tertiary/aromatic N) is 3. The molecule has 0 saturated carbocycles. The van der Waals surface area contributed by atoms with E-state index in [1.807, 2.05) is 18.0 Å². The van der Waals surface area contributed by atoms with Gasteiger partial charge < -0.3 is 14.5 Å².